The first-order valence-electron chi connectivity index (χ1n) is 5.22. The minimum Gasteiger partial charge on any atom is -0.478 e. The Morgan fingerprint density at radius 2 is 2.11 bits per heavy atom. The number of benzene rings is 1. The third-order valence-electron chi connectivity index (χ3n) is 2.62. The van der Waals surface area contributed by atoms with Gasteiger partial charge < -0.3 is 10.8 Å². The predicted octanol–water partition coefficient (Wildman–Crippen LogP) is 0.645. The Balaban J connectivity index is 3.26. The van der Waals surface area contributed by atoms with Crippen molar-refractivity contribution in [1.29, 1.82) is 5.26 Å². The fourth-order valence-corrected chi connectivity index (χ4v) is 2.46. The van der Waals surface area contributed by atoms with Crippen LogP contribution in [0, 0.1) is 11.3 Å². The molecule has 19 heavy (non-hydrogen) atoms. The average molecular weight is 283 g/mol. The first-order chi connectivity index (χ1) is 8.71. The van der Waals surface area contributed by atoms with Crippen molar-refractivity contribution in [3.8, 4) is 6.07 Å². The molecule has 0 heterocycles. The molecule has 1 aromatic carbocycles. The lowest BCUT2D eigenvalue weighted by molar-refractivity contribution is 0.0697. The summed E-state index contributed by atoms with van der Waals surface area (Å²) in [6.45, 7) is 1.26. The van der Waals surface area contributed by atoms with Crippen molar-refractivity contribution in [1.82, 2.24) is 0 Å². The van der Waals surface area contributed by atoms with Crippen LogP contribution in [0.15, 0.2) is 18.2 Å². The summed E-state index contributed by atoms with van der Waals surface area (Å²) in [7, 11) is -2.59. The Labute approximate surface area is 110 Å². The number of carbonyl (C=O) groups is 1. The lowest BCUT2D eigenvalue weighted by Crippen LogP contribution is -2.34. The largest absolute Gasteiger partial charge is 0.478 e. The van der Waals surface area contributed by atoms with Crippen LogP contribution in [0.2, 0.25) is 0 Å². The molecule has 1 rings (SSSR count). The summed E-state index contributed by atoms with van der Waals surface area (Å²) in [4.78, 5) is 10.8. The summed E-state index contributed by atoms with van der Waals surface area (Å²) >= 11 is 0. The quantitative estimate of drug-likeness (QED) is 0.781. The zero-order valence-corrected chi connectivity index (χ0v) is 11.2. The van der Waals surface area contributed by atoms with Gasteiger partial charge in [0.2, 0.25) is 0 Å². The van der Waals surface area contributed by atoms with Crippen LogP contribution < -0.4 is 10.0 Å². The van der Waals surface area contributed by atoms with Crippen LogP contribution in [0.1, 0.15) is 17.3 Å². The van der Waals surface area contributed by atoms with E-state index in [1.54, 1.807) is 6.07 Å². The van der Waals surface area contributed by atoms with Crippen molar-refractivity contribution in [2.24, 2.45) is 0 Å². The summed E-state index contributed by atoms with van der Waals surface area (Å²) in [5.74, 6) is -1.16. The predicted molar refractivity (Wildman–Crippen MR) is 70.2 cm³/mol. The van der Waals surface area contributed by atoms with Crippen LogP contribution in [0.25, 0.3) is 0 Å². The third-order valence-corrected chi connectivity index (χ3v) is 4.58. The van der Waals surface area contributed by atoms with E-state index in [0.717, 1.165) is 4.31 Å². The zero-order chi connectivity index (χ0) is 14.8. The number of rotatable bonds is 4. The average Bonchev–Trinajstić information content (AvgIpc) is 2.36. The summed E-state index contributed by atoms with van der Waals surface area (Å²) in [5, 5.41) is 16.3. The number of hydrogen-bond donors (Lipinski definition) is 2. The summed E-state index contributed by atoms with van der Waals surface area (Å²) in [6.07, 6.45) is 0. The Bertz CT molecular complexity index is 648. The maximum Gasteiger partial charge on any atom is 0.335 e. The topological polar surface area (TPSA) is 124 Å². The van der Waals surface area contributed by atoms with E-state index < -0.39 is 21.2 Å². The zero-order valence-electron chi connectivity index (χ0n) is 10.4. The molecule has 8 heteroatoms. The van der Waals surface area contributed by atoms with Crippen LogP contribution in [-0.4, -0.2) is 31.8 Å². The van der Waals surface area contributed by atoms with Crippen LogP contribution in [0.4, 0.5) is 11.4 Å². The third kappa shape index (κ3) is 2.77. The summed E-state index contributed by atoms with van der Waals surface area (Å²) in [6, 6.07) is 5.35. The van der Waals surface area contributed by atoms with E-state index in [2.05, 4.69) is 0 Å². The number of nitrogen functional groups attached to an aromatic ring is 1. The Morgan fingerprint density at radius 1 is 1.53 bits per heavy atom. The maximum absolute atomic E-state index is 12.0. The van der Waals surface area contributed by atoms with Gasteiger partial charge in [0.05, 0.1) is 23.0 Å². The van der Waals surface area contributed by atoms with E-state index in [-0.39, 0.29) is 16.9 Å². The Kier molecular flexibility index (Phi) is 4.01. The van der Waals surface area contributed by atoms with Crippen LogP contribution in [-0.2, 0) is 10.0 Å². The number of sulfonamides is 1. The van der Waals surface area contributed by atoms with Crippen LogP contribution >= 0.6 is 0 Å². The van der Waals surface area contributed by atoms with Crippen molar-refractivity contribution in [3.05, 3.63) is 23.8 Å². The van der Waals surface area contributed by atoms with Crippen molar-refractivity contribution in [2.75, 3.05) is 17.1 Å². The van der Waals surface area contributed by atoms with Gasteiger partial charge in [-0.1, -0.05) is 0 Å². The second-order valence-corrected chi connectivity index (χ2v) is 6.15. The van der Waals surface area contributed by atoms with E-state index >= 15 is 0 Å². The molecular weight excluding hydrogens is 270 g/mol. The number of hydrogen-bond acceptors (Lipinski definition) is 5. The van der Waals surface area contributed by atoms with Gasteiger partial charge in [0.1, 0.15) is 0 Å². The number of anilines is 2. The molecule has 0 saturated carbocycles. The van der Waals surface area contributed by atoms with Gasteiger partial charge in [0.15, 0.2) is 5.25 Å². The number of carboxylic acid groups (broad SMARTS) is 1. The molecule has 0 aromatic heterocycles. The van der Waals surface area contributed by atoms with E-state index in [1.807, 2.05) is 0 Å². The first-order valence-corrected chi connectivity index (χ1v) is 6.72. The molecule has 102 valence electrons. The smallest absolute Gasteiger partial charge is 0.335 e. The second kappa shape index (κ2) is 5.16. The minimum absolute atomic E-state index is 0.0103. The van der Waals surface area contributed by atoms with Crippen molar-refractivity contribution in [3.63, 3.8) is 0 Å². The molecule has 1 aromatic rings. The Morgan fingerprint density at radius 3 is 2.53 bits per heavy atom. The highest BCUT2D eigenvalue weighted by Crippen LogP contribution is 2.26. The second-order valence-electron chi connectivity index (χ2n) is 3.86. The number of nitrogens with two attached hydrogens (primary N) is 1. The minimum atomic E-state index is -3.85. The van der Waals surface area contributed by atoms with Gasteiger partial charge in [-0.15, -0.1) is 0 Å². The molecule has 0 fully saturated rings. The van der Waals surface area contributed by atoms with E-state index in [9.17, 15) is 13.2 Å². The van der Waals surface area contributed by atoms with Crippen LogP contribution in [0.3, 0.4) is 0 Å². The molecule has 7 nitrogen and oxygen atoms in total. The molecule has 3 N–H and O–H groups in total. The van der Waals surface area contributed by atoms with Gasteiger partial charge in [0.25, 0.3) is 10.0 Å². The van der Waals surface area contributed by atoms with Gasteiger partial charge in [-0.2, -0.15) is 5.26 Å². The molecule has 1 atom stereocenters. The van der Waals surface area contributed by atoms with Crippen molar-refractivity contribution >= 4 is 27.4 Å². The lowest BCUT2D eigenvalue weighted by Gasteiger charge is -2.22. The van der Waals surface area contributed by atoms with E-state index in [0.29, 0.717) is 0 Å². The summed E-state index contributed by atoms with van der Waals surface area (Å²) < 4.78 is 24.8. The van der Waals surface area contributed by atoms with E-state index in [4.69, 9.17) is 16.1 Å². The Hall–Kier alpha value is -2.27. The fourth-order valence-electron chi connectivity index (χ4n) is 1.42. The SMILES string of the molecule is CC(C#N)S(=O)(=O)N(C)c1ccc(C(=O)O)cc1N. The normalized spacial score (nSPS) is 12.5. The molecule has 0 aliphatic heterocycles. The van der Waals surface area contributed by atoms with Gasteiger partial charge in [-0.05, 0) is 25.1 Å². The van der Waals surface area contributed by atoms with Gasteiger partial charge >= 0.3 is 5.97 Å². The molecule has 0 saturated heterocycles. The fraction of sp³-hybridized carbons (Fsp3) is 0.273. The van der Waals surface area contributed by atoms with Crippen molar-refractivity contribution in [2.45, 2.75) is 12.2 Å². The molecule has 0 aliphatic rings. The molecule has 0 spiro atoms. The van der Waals surface area contributed by atoms with Gasteiger partial charge in [-0.3, -0.25) is 4.31 Å². The number of nitriles is 1. The van der Waals surface area contributed by atoms with Crippen molar-refractivity contribution < 1.29 is 18.3 Å². The molecule has 0 amide bonds. The van der Waals surface area contributed by atoms with Crippen LogP contribution in [0.5, 0.6) is 0 Å². The molecule has 0 radical (unpaired) electrons. The monoisotopic (exact) mass is 283 g/mol. The highest BCUT2D eigenvalue weighted by atomic mass is 32.2. The molecular formula is C11H13N3O4S. The first kappa shape index (κ1) is 14.8. The number of carboxylic acids is 1. The molecule has 0 bridgehead atoms. The van der Waals surface area contributed by atoms with Gasteiger partial charge in [0, 0.05) is 7.05 Å². The maximum atomic E-state index is 12.0. The molecule has 0 aliphatic carbocycles. The highest BCUT2D eigenvalue weighted by Gasteiger charge is 2.27. The highest BCUT2D eigenvalue weighted by molar-refractivity contribution is 7.93. The van der Waals surface area contributed by atoms with E-state index in [1.165, 1.54) is 32.2 Å². The number of nitrogens with zero attached hydrogens (tertiary/aromatic N) is 2. The van der Waals surface area contributed by atoms with Gasteiger partial charge in [-0.25, -0.2) is 13.2 Å². The standard InChI is InChI=1S/C11H13N3O4S/c1-7(6-12)19(17,18)14(2)10-4-3-8(11(15)16)5-9(10)13/h3-5,7H,13H2,1-2H3,(H,15,16). The number of aromatic carboxylic acids is 1. The lowest BCUT2D eigenvalue weighted by atomic mass is 10.2. The molecule has 1 unspecified atom stereocenters. The summed E-state index contributed by atoms with van der Waals surface area (Å²) in [5.41, 5.74) is 5.75.